The smallest absolute Gasteiger partial charge is 0.274 e. The molecule has 2 N–H and O–H groups in total. The van der Waals surface area contributed by atoms with E-state index in [9.17, 15) is 10.1 Å². The first kappa shape index (κ1) is 20.6. The summed E-state index contributed by atoms with van der Waals surface area (Å²) in [7, 11) is 0. The number of aliphatic imine (C=N–C) groups is 1. The maximum absolute atomic E-state index is 11.2. The largest absolute Gasteiger partial charge is 0.372 e. The Labute approximate surface area is 172 Å². The Morgan fingerprint density at radius 2 is 1.97 bits per heavy atom. The van der Waals surface area contributed by atoms with Crippen molar-refractivity contribution in [3.05, 3.63) is 69.8 Å². The summed E-state index contributed by atoms with van der Waals surface area (Å²) in [5.41, 5.74) is 3.14. The van der Waals surface area contributed by atoms with Gasteiger partial charge in [-0.3, -0.25) is 10.1 Å². The number of benzene rings is 2. The normalized spacial score (nSPS) is 15.2. The first-order chi connectivity index (χ1) is 14.1. The highest BCUT2D eigenvalue weighted by molar-refractivity contribution is 5.80. The third kappa shape index (κ3) is 5.47. The average Bonchev–Trinajstić information content (AvgIpc) is 3.27. The molecule has 1 unspecified atom stereocenters. The zero-order valence-corrected chi connectivity index (χ0v) is 17.1. The maximum atomic E-state index is 11.2. The zero-order chi connectivity index (χ0) is 20.6. The standard InChI is InChI=1S/C22H29N5O2/c1-3-23-22(24-16-19-9-4-5-12-21(19)27(28)29)25-17(2)18-10-8-11-20(15-18)26-13-6-7-14-26/h4-5,8-12,15,17H,3,6-7,13-14,16H2,1-2H3,(H2,23,24,25). The summed E-state index contributed by atoms with van der Waals surface area (Å²) in [5.74, 6) is 0.643. The molecule has 3 rings (SSSR count). The number of rotatable bonds is 7. The molecule has 0 spiro atoms. The van der Waals surface area contributed by atoms with Gasteiger partial charge in [0.2, 0.25) is 0 Å². The molecule has 29 heavy (non-hydrogen) atoms. The van der Waals surface area contributed by atoms with Gasteiger partial charge in [-0.05, 0) is 44.4 Å². The predicted octanol–water partition coefficient (Wildman–Crippen LogP) is 4.01. The van der Waals surface area contributed by atoms with E-state index in [1.54, 1.807) is 18.2 Å². The molecule has 0 radical (unpaired) electrons. The molecule has 0 bridgehead atoms. The van der Waals surface area contributed by atoms with Crippen molar-refractivity contribution in [2.45, 2.75) is 39.3 Å². The maximum Gasteiger partial charge on any atom is 0.274 e. The number of guanidine groups is 1. The van der Waals surface area contributed by atoms with E-state index in [0.29, 0.717) is 18.1 Å². The van der Waals surface area contributed by atoms with Gasteiger partial charge in [0.1, 0.15) is 0 Å². The van der Waals surface area contributed by atoms with Crippen molar-refractivity contribution in [3.63, 3.8) is 0 Å². The van der Waals surface area contributed by atoms with Crippen LogP contribution in [0.15, 0.2) is 53.5 Å². The van der Waals surface area contributed by atoms with Crippen molar-refractivity contribution in [3.8, 4) is 0 Å². The topological polar surface area (TPSA) is 82.8 Å². The fourth-order valence-electron chi connectivity index (χ4n) is 3.56. The molecule has 1 heterocycles. The van der Waals surface area contributed by atoms with Crippen LogP contribution in [0.25, 0.3) is 0 Å². The van der Waals surface area contributed by atoms with Gasteiger partial charge in [0, 0.05) is 31.4 Å². The van der Waals surface area contributed by atoms with Crippen LogP contribution in [-0.2, 0) is 6.54 Å². The van der Waals surface area contributed by atoms with Gasteiger partial charge in [-0.2, -0.15) is 0 Å². The lowest BCUT2D eigenvalue weighted by Crippen LogP contribution is -2.38. The van der Waals surface area contributed by atoms with Gasteiger partial charge in [0.25, 0.3) is 5.69 Å². The second-order valence-electron chi connectivity index (χ2n) is 7.24. The summed E-state index contributed by atoms with van der Waals surface area (Å²) in [6, 6.07) is 15.4. The van der Waals surface area contributed by atoms with Crippen LogP contribution >= 0.6 is 0 Å². The van der Waals surface area contributed by atoms with Crippen molar-refractivity contribution in [2.75, 3.05) is 24.5 Å². The molecule has 7 heteroatoms. The molecule has 1 aliphatic rings. The number of nitrogens with one attached hydrogen (secondary N) is 2. The van der Waals surface area contributed by atoms with E-state index in [2.05, 4.69) is 51.7 Å². The first-order valence-corrected chi connectivity index (χ1v) is 10.2. The molecule has 0 aliphatic carbocycles. The Bertz CT molecular complexity index is 862. The molecule has 1 fully saturated rings. The molecule has 1 aliphatic heterocycles. The molecule has 1 saturated heterocycles. The van der Waals surface area contributed by atoms with Crippen LogP contribution in [-0.4, -0.2) is 30.5 Å². The predicted molar refractivity (Wildman–Crippen MR) is 117 cm³/mol. The third-order valence-electron chi connectivity index (χ3n) is 5.13. The first-order valence-electron chi connectivity index (χ1n) is 10.2. The summed E-state index contributed by atoms with van der Waals surface area (Å²) >= 11 is 0. The van der Waals surface area contributed by atoms with Crippen molar-refractivity contribution < 1.29 is 4.92 Å². The number of nitro groups is 1. The van der Waals surface area contributed by atoms with Crippen molar-refractivity contribution >= 4 is 17.3 Å². The fourth-order valence-corrected chi connectivity index (χ4v) is 3.56. The minimum absolute atomic E-state index is 0.0566. The van der Waals surface area contributed by atoms with Gasteiger partial charge in [-0.25, -0.2) is 4.99 Å². The van der Waals surface area contributed by atoms with Crippen molar-refractivity contribution in [2.24, 2.45) is 4.99 Å². The monoisotopic (exact) mass is 395 g/mol. The molecule has 1 atom stereocenters. The van der Waals surface area contributed by atoms with Crippen LogP contribution in [0, 0.1) is 10.1 Å². The number of para-hydroxylation sites is 1. The number of anilines is 1. The Morgan fingerprint density at radius 3 is 2.69 bits per heavy atom. The summed E-state index contributed by atoms with van der Waals surface area (Å²) in [4.78, 5) is 17.8. The van der Waals surface area contributed by atoms with Gasteiger partial charge in [-0.15, -0.1) is 0 Å². The van der Waals surface area contributed by atoms with E-state index in [1.165, 1.54) is 30.2 Å². The van der Waals surface area contributed by atoms with E-state index >= 15 is 0 Å². The molecule has 0 amide bonds. The number of nitro benzene ring substituents is 1. The van der Waals surface area contributed by atoms with Crippen LogP contribution in [0.4, 0.5) is 11.4 Å². The SMILES string of the molecule is CCNC(=NCc1ccccc1[N+](=O)[O-])NC(C)c1cccc(N2CCCC2)c1. The van der Waals surface area contributed by atoms with Crippen LogP contribution in [0.3, 0.4) is 0 Å². The second-order valence-corrected chi connectivity index (χ2v) is 7.24. The number of hydrogen-bond acceptors (Lipinski definition) is 4. The van der Waals surface area contributed by atoms with Crippen LogP contribution < -0.4 is 15.5 Å². The van der Waals surface area contributed by atoms with E-state index in [1.807, 2.05) is 6.92 Å². The van der Waals surface area contributed by atoms with Gasteiger partial charge in [0.15, 0.2) is 5.96 Å². The highest BCUT2D eigenvalue weighted by Gasteiger charge is 2.15. The van der Waals surface area contributed by atoms with Crippen molar-refractivity contribution in [1.82, 2.24) is 10.6 Å². The third-order valence-corrected chi connectivity index (χ3v) is 5.13. The molecule has 2 aromatic carbocycles. The molecule has 7 nitrogen and oxygen atoms in total. The molecular formula is C22H29N5O2. The molecule has 0 saturated carbocycles. The van der Waals surface area contributed by atoms with Crippen LogP contribution in [0.2, 0.25) is 0 Å². The lowest BCUT2D eigenvalue weighted by atomic mass is 10.1. The summed E-state index contributed by atoms with van der Waals surface area (Å²) < 4.78 is 0. The molecule has 0 aromatic heterocycles. The van der Waals surface area contributed by atoms with Gasteiger partial charge in [-0.1, -0.05) is 30.3 Å². The van der Waals surface area contributed by atoms with E-state index in [0.717, 1.165) is 13.1 Å². The van der Waals surface area contributed by atoms with E-state index in [4.69, 9.17) is 0 Å². The summed E-state index contributed by atoms with van der Waals surface area (Å²) in [5, 5.41) is 17.9. The Balaban J connectivity index is 1.72. The fraction of sp³-hybridized carbons (Fsp3) is 0.409. The highest BCUT2D eigenvalue weighted by atomic mass is 16.6. The van der Waals surface area contributed by atoms with Gasteiger partial charge in [0.05, 0.1) is 23.1 Å². The Kier molecular flexibility index (Phi) is 7.05. The molecule has 154 valence electrons. The molecular weight excluding hydrogens is 366 g/mol. The summed E-state index contributed by atoms with van der Waals surface area (Å²) in [6.45, 7) is 7.29. The summed E-state index contributed by atoms with van der Waals surface area (Å²) in [6.07, 6.45) is 2.50. The average molecular weight is 396 g/mol. The lowest BCUT2D eigenvalue weighted by Gasteiger charge is -2.22. The minimum Gasteiger partial charge on any atom is -0.372 e. The van der Waals surface area contributed by atoms with Crippen LogP contribution in [0.1, 0.15) is 43.9 Å². The van der Waals surface area contributed by atoms with Crippen molar-refractivity contribution in [1.29, 1.82) is 0 Å². The van der Waals surface area contributed by atoms with E-state index < -0.39 is 0 Å². The van der Waals surface area contributed by atoms with E-state index in [-0.39, 0.29) is 23.2 Å². The quantitative estimate of drug-likeness (QED) is 0.320. The molecule has 2 aromatic rings. The van der Waals surface area contributed by atoms with Crippen LogP contribution in [0.5, 0.6) is 0 Å². The highest BCUT2D eigenvalue weighted by Crippen LogP contribution is 2.24. The van der Waals surface area contributed by atoms with Gasteiger partial charge >= 0.3 is 0 Å². The Morgan fingerprint density at radius 1 is 1.21 bits per heavy atom. The second kappa shape index (κ2) is 9.91. The lowest BCUT2D eigenvalue weighted by molar-refractivity contribution is -0.385. The zero-order valence-electron chi connectivity index (χ0n) is 17.1. The minimum atomic E-state index is -0.363. The number of nitrogens with zero attached hydrogens (tertiary/aromatic N) is 3. The number of hydrogen-bond donors (Lipinski definition) is 2. The van der Waals surface area contributed by atoms with Gasteiger partial charge < -0.3 is 15.5 Å². The Hall–Kier alpha value is -3.09.